The summed E-state index contributed by atoms with van der Waals surface area (Å²) in [5, 5.41) is 2.78. The van der Waals surface area contributed by atoms with Crippen molar-refractivity contribution in [3.8, 4) is 5.75 Å². The lowest BCUT2D eigenvalue weighted by Crippen LogP contribution is -2.43. The molecule has 1 N–H and O–H groups in total. The minimum atomic E-state index is -4.49. The summed E-state index contributed by atoms with van der Waals surface area (Å²) < 4.78 is 49.3. The van der Waals surface area contributed by atoms with Crippen molar-refractivity contribution in [2.75, 3.05) is 40.0 Å². The number of nitrogens with one attached hydrogen (secondary N) is 1. The Kier molecular flexibility index (Phi) is 6.76. The van der Waals surface area contributed by atoms with Crippen LogP contribution in [0.2, 0.25) is 0 Å². The Hall–Kier alpha value is -2.58. The molecule has 0 saturated carbocycles. The van der Waals surface area contributed by atoms with E-state index in [-0.39, 0.29) is 18.2 Å². The first-order chi connectivity index (χ1) is 13.9. The Bertz CT molecular complexity index is 819. The number of ether oxygens (including phenoxy) is 2. The molecule has 156 valence electrons. The van der Waals surface area contributed by atoms with Gasteiger partial charge in [-0.2, -0.15) is 13.2 Å². The Labute approximate surface area is 167 Å². The number of rotatable bonds is 6. The lowest BCUT2D eigenvalue weighted by atomic mass is 10.0. The first kappa shape index (κ1) is 21.1. The fraction of sp³-hybridized carbons (Fsp3) is 0.381. The molecule has 1 unspecified atom stereocenters. The minimum absolute atomic E-state index is 0.0183. The molecule has 1 saturated heterocycles. The van der Waals surface area contributed by atoms with Gasteiger partial charge in [0.05, 0.1) is 31.9 Å². The molecule has 1 atom stereocenters. The van der Waals surface area contributed by atoms with E-state index in [1.54, 1.807) is 7.11 Å². The highest BCUT2D eigenvalue weighted by atomic mass is 19.4. The normalized spacial score (nSPS) is 16.3. The third kappa shape index (κ3) is 5.48. The van der Waals surface area contributed by atoms with Crippen molar-refractivity contribution in [3.63, 3.8) is 0 Å². The maximum absolute atomic E-state index is 12.9. The molecule has 0 bridgehead atoms. The summed E-state index contributed by atoms with van der Waals surface area (Å²) in [5.74, 6) is 0.186. The van der Waals surface area contributed by atoms with Crippen LogP contribution < -0.4 is 10.1 Å². The van der Waals surface area contributed by atoms with Crippen LogP contribution in [0.5, 0.6) is 5.75 Å². The zero-order valence-electron chi connectivity index (χ0n) is 16.0. The molecular formula is C21H23F3N2O3. The molecule has 29 heavy (non-hydrogen) atoms. The maximum Gasteiger partial charge on any atom is 0.416 e. The molecule has 2 aromatic carbocycles. The highest BCUT2D eigenvalue weighted by Gasteiger charge is 2.31. The van der Waals surface area contributed by atoms with Crippen LogP contribution >= 0.6 is 0 Å². The predicted molar refractivity (Wildman–Crippen MR) is 102 cm³/mol. The van der Waals surface area contributed by atoms with E-state index in [0.29, 0.717) is 26.3 Å². The second-order valence-electron chi connectivity index (χ2n) is 6.73. The smallest absolute Gasteiger partial charge is 0.416 e. The van der Waals surface area contributed by atoms with Gasteiger partial charge in [0.25, 0.3) is 5.91 Å². The van der Waals surface area contributed by atoms with Crippen molar-refractivity contribution in [3.05, 3.63) is 65.2 Å². The Morgan fingerprint density at radius 2 is 1.86 bits per heavy atom. The van der Waals surface area contributed by atoms with E-state index < -0.39 is 17.6 Å². The highest BCUT2D eigenvalue weighted by Crippen LogP contribution is 2.29. The van der Waals surface area contributed by atoms with Gasteiger partial charge in [-0.15, -0.1) is 0 Å². The molecule has 2 aromatic rings. The van der Waals surface area contributed by atoms with Crippen LogP contribution in [0.25, 0.3) is 0 Å². The number of carbonyl (C=O) groups is 1. The second kappa shape index (κ2) is 9.28. The summed E-state index contributed by atoms with van der Waals surface area (Å²) in [5.41, 5.74) is 0.123. The molecule has 1 fully saturated rings. The summed E-state index contributed by atoms with van der Waals surface area (Å²) in [4.78, 5) is 14.7. The summed E-state index contributed by atoms with van der Waals surface area (Å²) >= 11 is 0. The van der Waals surface area contributed by atoms with Gasteiger partial charge in [0.2, 0.25) is 0 Å². The third-order valence-electron chi connectivity index (χ3n) is 4.90. The lowest BCUT2D eigenvalue weighted by Gasteiger charge is -2.35. The van der Waals surface area contributed by atoms with Gasteiger partial charge < -0.3 is 14.8 Å². The van der Waals surface area contributed by atoms with Crippen LogP contribution in [0.15, 0.2) is 48.5 Å². The zero-order valence-corrected chi connectivity index (χ0v) is 16.0. The first-order valence-electron chi connectivity index (χ1n) is 9.29. The van der Waals surface area contributed by atoms with Crippen LogP contribution in [0.1, 0.15) is 27.5 Å². The van der Waals surface area contributed by atoms with Crippen LogP contribution in [0.4, 0.5) is 13.2 Å². The van der Waals surface area contributed by atoms with Crippen LogP contribution in [0.3, 0.4) is 0 Å². The number of morpholine rings is 1. The Morgan fingerprint density at radius 1 is 1.17 bits per heavy atom. The number of nitrogens with zero attached hydrogens (tertiary/aromatic N) is 1. The van der Waals surface area contributed by atoms with Gasteiger partial charge in [-0.1, -0.05) is 18.2 Å². The summed E-state index contributed by atoms with van der Waals surface area (Å²) in [7, 11) is 1.59. The van der Waals surface area contributed by atoms with Gasteiger partial charge in [0.15, 0.2) is 0 Å². The molecule has 5 nitrogen and oxygen atoms in total. The number of alkyl halides is 3. The van der Waals surface area contributed by atoms with Gasteiger partial charge in [0, 0.05) is 25.2 Å². The van der Waals surface area contributed by atoms with E-state index in [1.807, 2.05) is 24.3 Å². The van der Waals surface area contributed by atoms with E-state index in [1.165, 1.54) is 12.1 Å². The molecule has 0 aromatic heterocycles. The third-order valence-corrected chi connectivity index (χ3v) is 4.90. The average Bonchev–Trinajstić information content (AvgIpc) is 2.74. The Morgan fingerprint density at radius 3 is 2.48 bits per heavy atom. The van der Waals surface area contributed by atoms with Crippen molar-refractivity contribution in [1.29, 1.82) is 0 Å². The largest absolute Gasteiger partial charge is 0.497 e. The molecular weight excluding hydrogens is 385 g/mol. The molecule has 0 radical (unpaired) electrons. The van der Waals surface area contributed by atoms with E-state index in [4.69, 9.17) is 9.47 Å². The predicted octanol–water partition coefficient (Wildman–Crippen LogP) is 3.52. The van der Waals surface area contributed by atoms with Crippen molar-refractivity contribution in [2.45, 2.75) is 12.2 Å². The fourth-order valence-corrected chi connectivity index (χ4v) is 3.30. The maximum atomic E-state index is 12.9. The van der Waals surface area contributed by atoms with Gasteiger partial charge in [-0.3, -0.25) is 9.69 Å². The van der Waals surface area contributed by atoms with Crippen LogP contribution in [-0.4, -0.2) is 50.8 Å². The monoisotopic (exact) mass is 408 g/mol. The Balaban J connectivity index is 1.74. The molecule has 0 spiro atoms. The summed E-state index contributed by atoms with van der Waals surface area (Å²) in [6, 6.07) is 11.8. The quantitative estimate of drug-likeness (QED) is 0.795. The molecule has 1 aliphatic heterocycles. The van der Waals surface area contributed by atoms with Gasteiger partial charge in [-0.25, -0.2) is 0 Å². The highest BCUT2D eigenvalue weighted by molar-refractivity contribution is 5.94. The number of amides is 1. The van der Waals surface area contributed by atoms with Crippen molar-refractivity contribution < 1.29 is 27.4 Å². The molecule has 1 amide bonds. The number of methoxy groups -OCH3 is 1. The topological polar surface area (TPSA) is 50.8 Å². The fourth-order valence-electron chi connectivity index (χ4n) is 3.30. The van der Waals surface area contributed by atoms with Gasteiger partial charge >= 0.3 is 6.18 Å². The number of hydrogen-bond acceptors (Lipinski definition) is 4. The van der Waals surface area contributed by atoms with E-state index in [9.17, 15) is 18.0 Å². The van der Waals surface area contributed by atoms with Crippen molar-refractivity contribution in [1.82, 2.24) is 10.2 Å². The van der Waals surface area contributed by atoms with Crippen molar-refractivity contribution in [2.24, 2.45) is 0 Å². The van der Waals surface area contributed by atoms with E-state index in [0.717, 1.165) is 23.4 Å². The number of benzene rings is 2. The summed E-state index contributed by atoms with van der Waals surface area (Å²) in [6.07, 6.45) is -4.49. The molecule has 3 rings (SSSR count). The first-order valence-corrected chi connectivity index (χ1v) is 9.29. The standard InChI is InChI=1S/C21H23F3N2O3/c1-28-18-7-5-15(6-8-18)19(26-9-11-29-12-10-26)14-25-20(27)16-3-2-4-17(13-16)21(22,23)24/h2-8,13,19H,9-12,14H2,1H3,(H,25,27). The average molecular weight is 408 g/mol. The van der Waals surface area contributed by atoms with Gasteiger partial charge in [-0.05, 0) is 35.9 Å². The number of halogens is 3. The summed E-state index contributed by atoms with van der Waals surface area (Å²) in [6.45, 7) is 2.86. The van der Waals surface area contributed by atoms with Crippen LogP contribution in [-0.2, 0) is 10.9 Å². The molecule has 0 aliphatic carbocycles. The van der Waals surface area contributed by atoms with Gasteiger partial charge in [0.1, 0.15) is 5.75 Å². The van der Waals surface area contributed by atoms with E-state index in [2.05, 4.69) is 10.2 Å². The lowest BCUT2D eigenvalue weighted by molar-refractivity contribution is -0.137. The molecule has 1 aliphatic rings. The zero-order chi connectivity index (χ0) is 20.9. The second-order valence-corrected chi connectivity index (χ2v) is 6.73. The van der Waals surface area contributed by atoms with Crippen molar-refractivity contribution >= 4 is 5.91 Å². The number of carbonyl (C=O) groups excluding carboxylic acids is 1. The van der Waals surface area contributed by atoms with E-state index >= 15 is 0 Å². The van der Waals surface area contributed by atoms with Crippen LogP contribution in [0, 0.1) is 0 Å². The SMILES string of the molecule is COc1ccc(C(CNC(=O)c2cccc(C(F)(F)F)c2)N2CCOCC2)cc1. The number of hydrogen-bond donors (Lipinski definition) is 1. The molecule has 1 heterocycles. The minimum Gasteiger partial charge on any atom is -0.497 e. The molecule has 8 heteroatoms.